The average molecular weight is 244 g/mol. The highest BCUT2D eigenvalue weighted by Crippen LogP contribution is 2.23. The Morgan fingerprint density at radius 3 is 3.06 bits per heavy atom. The molecule has 0 amide bonds. The van der Waals surface area contributed by atoms with Gasteiger partial charge in [0.1, 0.15) is 23.3 Å². The number of anilines is 1. The summed E-state index contributed by atoms with van der Waals surface area (Å²) in [6.45, 7) is 2.58. The molecule has 0 radical (unpaired) electrons. The summed E-state index contributed by atoms with van der Waals surface area (Å²) in [5.74, 6) is 1.56. The second-order valence-corrected chi connectivity index (χ2v) is 3.82. The highest BCUT2D eigenvalue weighted by molar-refractivity contribution is 5.87. The Kier molecular flexibility index (Phi) is 2.68. The van der Waals surface area contributed by atoms with Crippen LogP contribution in [0.1, 0.15) is 18.4 Å². The van der Waals surface area contributed by atoms with Crippen LogP contribution < -0.4 is 5.32 Å². The van der Waals surface area contributed by atoms with Gasteiger partial charge in [0.15, 0.2) is 0 Å². The molecule has 0 aliphatic rings. The van der Waals surface area contributed by atoms with Gasteiger partial charge in [0.25, 0.3) is 5.71 Å². The molecule has 0 spiro atoms. The Hall–Kier alpha value is -2.37. The molecule has 0 unspecified atom stereocenters. The number of aromatic nitrogens is 3. The molecule has 18 heavy (non-hydrogen) atoms. The van der Waals surface area contributed by atoms with E-state index in [1.165, 1.54) is 6.33 Å². The number of rotatable bonds is 4. The first kappa shape index (κ1) is 10.8. The van der Waals surface area contributed by atoms with Gasteiger partial charge in [-0.05, 0) is 18.6 Å². The highest BCUT2D eigenvalue weighted by atomic mass is 16.5. The largest absolute Gasteiger partial charge is 0.467 e. The van der Waals surface area contributed by atoms with Crippen LogP contribution in [0.2, 0.25) is 0 Å². The summed E-state index contributed by atoms with van der Waals surface area (Å²) in [7, 11) is 0. The van der Waals surface area contributed by atoms with Crippen molar-refractivity contribution in [3.05, 3.63) is 36.2 Å². The normalized spacial score (nSPS) is 10.9. The van der Waals surface area contributed by atoms with E-state index in [9.17, 15) is 0 Å². The van der Waals surface area contributed by atoms with Crippen LogP contribution in [0.4, 0.5) is 5.82 Å². The van der Waals surface area contributed by atoms with E-state index in [0.717, 1.165) is 29.1 Å². The zero-order valence-electron chi connectivity index (χ0n) is 9.88. The summed E-state index contributed by atoms with van der Waals surface area (Å²) in [6, 6.07) is 3.75. The van der Waals surface area contributed by atoms with Crippen LogP contribution >= 0.6 is 0 Å². The lowest BCUT2D eigenvalue weighted by molar-refractivity contribution is 0.439. The minimum Gasteiger partial charge on any atom is -0.467 e. The van der Waals surface area contributed by atoms with Gasteiger partial charge < -0.3 is 14.3 Å². The van der Waals surface area contributed by atoms with E-state index in [2.05, 4.69) is 20.4 Å². The maximum absolute atomic E-state index is 5.26. The first-order chi connectivity index (χ1) is 8.88. The maximum atomic E-state index is 5.26. The smallest absolute Gasteiger partial charge is 0.263 e. The standard InChI is InChI=1S/C12H12N4O2/c1-2-9-10-11(13-6-8-4-3-5-17-8)14-7-15-12(10)18-16-9/h3-5,7H,2,6H2,1H3,(H,13,14,15). The Labute approximate surface area is 103 Å². The molecule has 0 aliphatic carbocycles. The van der Waals surface area contributed by atoms with Gasteiger partial charge in [-0.2, -0.15) is 4.98 Å². The molecule has 3 rings (SSSR count). The molecule has 92 valence electrons. The van der Waals surface area contributed by atoms with Crippen molar-refractivity contribution in [2.24, 2.45) is 0 Å². The van der Waals surface area contributed by atoms with Gasteiger partial charge in [-0.25, -0.2) is 4.98 Å². The van der Waals surface area contributed by atoms with Crippen molar-refractivity contribution in [3.63, 3.8) is 0 Å². The van der Waals surface area contributed by atoms with E-state index in [4.69, 9.17) is 8.94 Å². The highest BCUT2D eigenvalue weighted by Gasteiger charge is 2.13. The predicted molar refractivity (Wildman–Crippen MR) is 65.0 cm³/mol. The molecular weight excluding hydrogens is 232 g/mol. The average Bonchev–Trinajstić information content (AvgIpc) is 3.05. The van der Waals surface area contributed by atoms with Crippen molar-refractivity contribution in [3.8, 4) is 0 Å². The molecule has 0 bridgehead atoms. The second-order valence-electron chi connectivity index (χ2n) is 3.82. The number of fused-ring (bicyclic) bond motifs is 1. The van der Waals surface area contributed by atoms with Crippen molar-refractivity contribution >= 4 is 16.9 Å². The van der Waals surface area contributed by atoms with E-state index >= 15 is 0 Å². The van der Waals surface area contributed by atoms with Crippen LogP contribution in [0.25, 0.3) is 11.1 Å². The molecule has 6 nitrogen and oxygen atoms in total. The fourth-order valence-corrected chi connectivity index (χ4v) is 1.80. The number of nitrogens with zero attached hydrogens (tertiary/aromatic N) is 3. The first-order valence-corrected chi connectivity index (χ1v) is 5.74. The Bertz CT molecular complexity index is 645. The monoisotopic (exact) mass is 244 g/mol. The van der Waals surface area contributed by atoms with Gasteiger partial charge in [-0.15, -0.1) is 0 Å². The zero-order chi connectivity index (χ0) is 12.4. The van der Waals surface area contributed by atoms with Gasteiger partial charge in [0.05, 0.1) is 18.5 Å². The van der Waals surface area contributed by atoms with Crippen LogP contribution in [0.3, 0.4) is 0 Å². The topological polar surface area (TPSA) is 77.0 Å². The minimum absolute atomic E-state index is 0.504. The quantitative estimate of drug-likeness (QED) is 0.759. The minimum atomic E-state index is 0.504. The fourth-order valence-electron chi connectivity index (χ4n) is 1.80. The van der Waals surface area contributed by atoms with Crippen molar-refractivity contribution in [2.75, 3.05) is 5.32 Å². The van der Waals surface area contributed by atoms with E-state index in [-0.39, 0.29) is 0 Å². The lowest BCUT2D eigenvalue weighted by Gasteiger charge is -2.04. The Morgan fingerprint density at radius 1 is 1.33 bits per heavy atom. The third kappa shape index (κ3) is 1.81. The molecule has 0 saturated carbocycles. The summed E-state index contributed by atoms with van der Waals surface area (Å²) in [5.41, 5.74) is 1.36. The van der Waals surface area contributed by atoms with Crippen LogP contribution in [-0.4, -0.2) is 15.1 Å². The Morgan fingerprint density at radius 2 is 2.28 bits per heavy atom. The number of hydrogen-bond acceptors (Lipinski definition) is 6. The SMILES string of the molecule is CCc1noc2ncnc(NCc3ccco3)c12. The number of nitrogens with one attached hydrogen (secondary N) is 1. The van der Waals surface area contributed by atoms with Crippen LogP contribution in [0.15, 0.2) is 33.7 Å². The zero-order valence-corrected chi connectivity index (χ0v) is 9.88. The van der Waals surface area contributed by atoms with Gasteiger partial charge in [0.2, 0.25) is 0 Å². The van der Waals surface area contributed by atoms with Gasteiger partial charge in [-0.1, -0.05) is 12.1 Å². The van der Waals surface area contributed by atoms with Gasteiger partial charge in [0, 0.05) is 0 Å². The molecular formula is C12H12N4O2. The molecule has 1 N–H and O–H groups in total. The molecule has 3 aromatic heterocycles. The molecule has 3 aromatic rings. The van der Waals surface area contributed by atoms with Crippen molar-refractivity contribution in [1.29, 1.82) is 0 Å². The number of aryl methyl sites for hydroxylation is 1. The molecule has 0 saturated heterocycles. The van der Waals surface area contributed by atoms with Gasteiger partial charge >= 0.3 is 0 Å². The van der Waals surface area contributed by atoms with E-state index in [0.29, 0.717) is 12.3 Å². The van der Waals surface area contributed by atoms with Crippen LogP contribution in [0.5, 0.6) is 0 Å². The number of hydrogen-bond donors (Lipinski definition) is 1. The van der Waals surface area contributed by atoms with E-state index in [1.807, 2.05) is 19.1 Å². The Balaban J connectivity index is 1.93. The molecule has 6 heteroatoms. The number of furan rings is 1. The third-order valence-corrected chi connectivity index (χ3v) is 2.69. The summed E-state index contributed by atoms with van der Waals surface area (Å²) >= 11 is 0. The van der Waals surface area contributed by atoms with Crippen LogP contribution in [0, 0.1) is 0 Å². The summed E-state index contributed by atoms with van der Waals surface area (Å²) < 4.78 is 10.4. The first-order valence-electron chi connectivity index (χ1n) is 5.74. The summed E-state index contributed by atoms with van der Waals surface area (Å²) in [4.78, 5) is 8.28. The van der Waals surface area contributed by atoms with E-state index < -0.39 is 0 Å². The van der Waals surface area contributed by atoms with E-state index in [1.54, 1.807) is 6.26 Å². The van der Waals surface area contributed by atoms with Crippen molar-refractivity contribution in [2.45, 2.75) is 19.9 Å². The molecule has 0 aliphatic heterocycles. The molecule has 0 fully saturated rings. The van der Waals surface area contributed by atoms with Crippen LogP contribution in [-0.2, 0) is 13.0 Å². The summed E-state index contributed by atoms with van der Waals surface area (Å²) in [5, 5.41) is 8.02. The van der Waals surface area contributed by atoms with Crippen molar-refractivity contribution in [1.82, 2.24) is 15.1 Å². The molecule has 0 atom stereocenters. The fraction of sp³-hybridized carbons (Fsp3) is 0.250. The molecule has 3 heterocycles. The lowest BCUT2D eigenvalue weighted by atomic mass is 10.2. The van der Waals surface area contributed by atoms with Crippen molar-refractivity contribution < 1.29 is 8.94 Å². The molecule has 0 aromatic carbocycles. The summed E-state index contributed by atoms with van der Waals surface area (Å²) in [6.07, 6.45) is 3.87. The second kappa shape index (κ2) is 4.48. The maximum Gasteiger partial charge on any atom is 0.263 e. The predicted octanol–water partition coefficient (Wildman–Crippen LogP) is 2.39. The lowest BCUT2D eigenvalue weighted by Crippen LogP contribution is -2.01. The third-order valence-electron chi connectivity index (χ3n) is 2.69. The van der Waals surface area contributed by atoms with Gasteiger partial charge in [-0.3, -0.25) is 0 Å².